The monoisotopic (exact) mass is 253 g/mol. The van der Waals surface area contributed by atoms with Gasteiger partial charge in [-0.25, -0.2) is 0 Å². The zero-order chi connectivity index (χ0) is 13.0. The fraction of sp³-hybridized carbons (Fsp3) is 1.00. The van der Waals surface area contributed by atoms with Crippen LogP contribution in [0.1, 0.15) is 46.0 Å². The summed E-state index contributed by atoms with van der Waals surface area (Å²) in [5, 5.41) is 0. The highest BCUT2D eigenvalue weighted by Gasteiger charge is 2.29. The second-order valence-corrected chi connectivity index (χ2v) is 6.96. The van der Waals surface area contributed by atoms with Gasteiger partial charge in [0.2, 0.25) is 0 Å². The third-order valence-electron chi connectivity index (χ3n) is 4.79. The molecule has 0 aliphatic carbocycles. The highest BCUT2D eigenvalue weighted by atomic mass is 15.3. The first-order valence-corrected chi connectivity index (χ1v) is 7.77. The van der Waals surface area contributed by atoms with Gasteiger partial charge < -0.3 is 10.6 Å². The Labute approximate surface area is 113 Å². The van der Waals surface area contributed by atoms with Gasteiger partial charge in [-0.15, -0.1) is 0 Å². The molecule has 0 aromatic rings. The standard InChI is InChI=1S/C15H31N3/c1-15(2,13-16)7-5-8-17-11-6-14(12-17)18-9-3-4-10-18/h14H,3-13,16H2,1-2H3. The van der Waals surface area contributed by atoms with Crippen molar-refractivity contribution in [2.45, 2.75) is 52.0 Å². The number of likely N-dealkylation sites (tertiary alicyclic amines) is 2. The molecule has 0 aromatic carbocycles. The van der Waals surface area contributed by atoms with Gasteiger partial charge in [-0.1, -0.05) is 13.8 Å². The third-order valence-corrected chi connectivity index (χ3v) is 4.79. The van der Waals surface area contributed by atoms with Gasteiger partial charge in [0, 0.05) is 12.6 Å². The van der Waals surface area contributed by atoms with Gasteiger partial charge in [-0.2, -0.15) is 0 Å². The van der Waals surface area contributed by atoms with E-state index in [1.807, 2.05) is 0 Å². The molecule has 0 aromatic heterocycles. The van der Waals surface area contributed by atoms with Crippen molar-refractivity contribution in [3.8, 4) is 0 Å². The molecule has 0 saturated carbocycles. The maximum atomic E-state index is 5.79. The first-order chi connectivity index (χ1) is 8.61. The predicted molar refractivity (Wildman–Crippen MR) is 77.7 cm³/mol. The lowest BCUT2D eigenvalue weighted by Crippen LogP contribution is -2.35. The van der Waals surface area contributed by atoms with Crippen molar-refractivity contribution >= 4 is 0 Å². The molecule has 18 heavy (non-hydrogen) atoms. The van der Waals surface area contributed by atoms with Crippen LogP contribution in [0.15, 0.2) is 0 Å². The Morgan fingerprint density at radius 2 is 1.89 bits per heavy atom. The molecule has 0 amide bonds. The largest absolute Gasteiger partial charge is 0.330 e. The molecule has 3 nitrogen and oxygen atoms in total. The van der Waals surface area contributed by atoms with Crippen LogP contribution in [0.3, 0.4) is 0 Å². The highest BCUT2D eigenvalue weighted by molar-refractivity contribution is 4.85. The van der Waals surface area contributed by atoms with Gasteiger partial charge in [0.25, 0.3) is 0 Å². The lowest BCUT2D eigenvalue weighted by Gasteiger charge is -2.25. The average molecular weight is 253 g/mol. The summed E-state index contributed by atoms with van der Waals surface area (Å²) in [7, 11) is 0. The molecule has 2 N–H and O–H groups in total. The first-order valence-electron chi connectivity index (χ1n) is 7.77. The Balaban J connectivity index is 1.63. The Hall–Kier alpha value is -0.120. The predicted octanol–water partition coefficient (Wildman–Crippen LogP) is 1.92. The molecule has 2 rings (SSSR count). The van der Waals surface area contributed by atoms with Crippen LogP contribution in [-0.4, -0.2) is 55.1 Å². The zero-order valence-electron chi connectivity index (χ0n) is 12.3. The fourth-order valence-corrected chi connectivity index (χ4v) is 3.30. The van der Waals surface area contributed by atoms with Crippen LogP contribution in [0, 0.1) is 5.41 Å². The third kappa shape index (κ3) is 3.94. The number of hydrogen-bond donors (Lipinski definition) is 1. The van der Waals surface area contributed by atoms with Gasteiger partial charge in [0.05, 0.1) is 0 Å². The highest BCUT2D eigenvalue weighted by Crippen LogP contribution is 2.23. The average Bonchev–Trinajstić information content (AvgIpc) is 2.98. The number of rotatable bonds is 6. The van der Waals surface area contributed by atoms with E-state index >= 15 is 0 Å². The molecule has 0 spiro atoms. The summed E-state index contributed by atoms with van der Waals surface area (Å²) in [6.45, 7) is 12.0. The van der Waals surface area contributed by atoms with Crippen molar-refractivity contribution in [1.29, 1.82) is 0 Å². The quantitative estimate of drug-likeness (QED) is 0.785. The van der Waals surface area contributed by atoms with Gasteiger partial charge in [0.15, 0.2) is 0 Å². The molecule has 3 heteroatoms. The second kappa shape index (κ2) is 6.36. The van der Waals surface area contributed by atoms with E-state index in [4.69, 9.17) is 5.73 Å². The minimum absolute atomic E-state index is 0.327. The van der Waals surface area contributed by atoms with Gasteiger partial charge in [-0.05, 0) is 70.2 Å². The van der Waals surface area contributed by atoms with Crippen molar-refractivity contribution in [2.24, 2.45) is 11.1 Å². The van der Waals surface area contributed by atoms with Crippen LogP contribution in [0.25, 0.3) is 0 Å². The van der Waals surface area contributed by atoms with Crippen molar-refractivity contribution in [3.05, 3.63) is 0 Å². The molecular formula is C15H31N3. The maximum absolute atomic E-state index is 5.79. The van der Waals surface area contributed by atoms with Crippen LogP contribution in [0.5, 0.6) is 0 Å². The van der Waals surface area contributed by atoms with E-state index in [1.54, 1.807) is 0 Å². The van der Waals surface area contributed by atoms with E-state index in [0.29, 0.717) is 5.41 Å². The van der Waals surface area contributed by atoms with Gasteiger partial charge in [0.1, 0.15) is 0 Å². The summed E-state index contributed by atoms with van der Waals surface area (Å²) >= 11 is 0. The van der Waals surface area contributed by atoms with E-state index < -0.39 is 0 Å². The molecule has 1 atom stereocenters. The Kier molecular flexibility index (Phi) is 5.05. The Bertz CT molecular complexity index is 246. The summed E-state index contributed by atoms with van der Waals surface area (Å²) in [6, 6.07) is 0.856. The molecule has 2 aliphatic heterocycles. The number of nitrogens with zero attached hydrogens (tertiary/aromatic N) is 2. The molecular weight excluding hydrogens is 222 g/mol. The fourth-order valence-electron chi connectivity index (χ4n) is 3.30. The maximum Gasteiger partial charge on any atom is 0.0235 e. The van der Waals surface area contributed by atoms with E-state index in [1.165, 1.54) is 64.8 Å². The minimum atomic E-state index is 0.327. The van der Waals surface area contributed by atoms with Crippen LogP contribution in [0.4, 0.5) is 0 Å². The van der Waals surface area contributed by atoms with Crippen molar-refractivity contribution in [2.75, 3.05) is 39.3 Å². The van der Waals surface area contributed by atoms with E-state index in [0.717, 1.165) is 12.6 Å². The normalized spacial score (nSPS) is 27.2. The molecule has 2 saturated heterocycles. The second-order valence-electron chi connectivity index (χ2n) is 6.96. The smallest absolute Gasteiger partial charge is 0.0235 e. The summed E-state index contributed by atoms with van der Waals surface area (Å²) in [5.41, 5.74) is 6.11. The molecule has 2 heterocycles. The van der Waals surface area contributed by atoms with Crippen molar-refractivity contribution in [1.82, 2.24) is 9.80 Å². The molecule has 2 fully saturated rings. The molecule has 2 aliphatic rings. The number of hydrogen-bond acceptors (Lipinski definition) is 3. The molecule has 106 valence electrons. The van der Waals surface area contributed by atoms with Crippen LogP contribution < -0.4 is 5.73 Å². The van der Waals surface area contributed by atoms with E-state index in [9.17, 15) is 0 Å². The summed E-state index contributed by atoms with van der Waals surface area (Å²) in [5.74, 6) is 0. The Morgan fingerprint density at radius 3 is 2.56 bits per heavy atom. The zero-order valence-corrected chi connectivity index (χ0v) is 12.3. The van der Waals surface area contributed by atoms with Crippen molar-refractivity contribution < 1.29 is 0 Å². The SMILES string of the molecule is CC(C)(CN)CCCN1CCC(N2CCCC2)C1. The van der Waals surface area contributed by atoms with Gasteiger partial charge in [-0.3, -0.25) is 4.90 Å². The van der Waals surface area contributed by atoms with Crippen molar-refractivity contribution in [3.63, 3.8) is 0 Å². The Morgan fingerprint density at radius 1 is 1.17 bits per heavy atom. The molecule has 1 unspecified atom stereocenters. The van der Waals surface area contributed by atoms with Crippen LogP contribution in [0.2, 0.25) is 0 Å². The van der Waals surface area contributed by atoms with Crippen LogP contribution >= 0.6 is 0 Å². The topological polar surface area (TPSA) is 32.5 Å². The molecule has 0 bridgehead atoms. The van der Waals surface area contributed by atoms with E-state index in [-0.39, 0.29) is 0 Å². The van der Waals surface area contributed by atoms with Gasteiger partial charge >= 0.3 is 0 Å². The molecule has 0 radical (unpaired) electrons. The lowest BCUT2D eigenvalue weighted by atomic mass is 9.88. The number of nitrogens with two attached hydrogens (primary N) is 1. The minimum Gasteiger partial charge on any atom is -0.330 e. The summed E-state index contributed by atoms with van der Waals surface area (Å²) < 4.78 is 0. The summed E-state index contributed by atoms with van der Waals surface area (Å²) in [4.78, 5) is 5.37. The first kappa shape index (κ1) is 14.3. The van der Waals surface area contributed by atoms with E-state index in [2.05, 4.69) is 23.6 Å². The van der Waals surface area contributed by atoms with Crippen LogP contribution in [-0.2, 0) is 0 Å². The summed E-state index contributed by atoms with van der Waals surface area (Å²) in [6.07, 6.45) is 6.79. The lowest BCUT2D eigenvalue weighted by molar-refractivity contribution is 0.225.